The van der Waals surface area contributed by atoms with Gasteiger partial charge in [0, 0.05) is 19.7 Å². The Labute approximate surface area is 124 Å². The standard InChI is InChI=1S/C13H21ClN4O2/c1-4-9(2)18(7-8-20-3)13(19)12-10(14)5-6-11(16-12)17-15/h5-6,9H,4,7-8,15H2,1-3H3,(H,16,17). The van der Waals surface area contributed by atoms with Crippen LogP contribution < -0.4 is 11.3 Å². The molecule has 0 bridgehead atoms. The summed E-state index contributed by atoms with van der Waals surface area (Å²) in [7, 11) is 1.60. The minimum absolute atomic E-state index is 0.0741. The summed E-state index contributed by atoms with van der Waals surface area (Å²) < 4.78 is 5.05. The van der Waals surface area contributed by atoms with Crippen LogP contribution in [0.25, 0.3) is 0 Å². The summed E-state index contributed by atoms with van der Waals surface area (Å²) in [6, 6.07) is 3.29. The molecule has 7 heteroatoms. The molecule has 1 aromatic rings. The van der Waals surface area contributed by atoms with Crippen LogP contribution in [-0.4, -0.2) is 42.1 Å². The predicted molar refractivity (Wildman–Crippen MR) is 79.7 cm³/mol. The number of nitrogens with zero attached hydrogens (tertiary/aromatic N) is 2. The summed E-state index contributed by atoms with van der Waals surface area (Å²) in [6.07, 6.45) is 0.835. The molecule has 1 atom stereocenters. The maximum Gasteiger partial charge on any atom is 0.274 e. The first kappa shape index (κ1) is 16.7. The van der Waals surface area contributed by atoms with Gasteiger partial charge in [0.05, 0.1) is 11.6 Å². The lowest BCUT2D eigenvalue weighted by Gasteiger charge is -2.28. The van der Waals surface area contributed by atoms with Crippen molar-refractivity contribution >= 4 is 23.3 Å². The minimum Gasteiger partial charge on any atom is -0.383 e. The molecule has 1 rings (SSSR count). The number of carbonyl (C=O) groups excluding carboxylic acids is 1. The van der Waals surface area contributed by atoms with Gasteiger partial charge in [-0.05, 0) is 25.5 Å². The lowest BCUT2D eigenvalue weighted by Crippen LogP contribution is -2.41. The summed E-state index contributed by atoms with van der Waals surface area (Å²) in [5.74, 6) is 5.48. The van der Waals surface area contributed by atoms with Crippen molar-refractivity contribution in [2.24, 2.45) is 5.84 Å². The van der Waals surface area contributed by atoms with Crippen molar-refractivity contribution in [2.45, 2.75) is 26.3 Å². The smallest absolute Gasteiger partial charge is 0.274 e. The number of amides is 1. The Kier molecular flexibility index (Phi) is 6.70. The number of halogens is 1. The highest BCUT2D eigenvalue weighted by atomic mass is 35.5. The molecule has 0 saturated carbocycles. The zero-order valence-electron chi connectivity index (χ0n) is 12.0. The van der Waals surface area contributed by atoms with Gasteiger partial charge in [-0.25, -0.2) is 10.8 Å². The van der Waals surface area contributed by atoms with Crippen LogP contribution in [0.5, 0.6) is 0 Å². The number of anilines is 1. The predicted octanol–water partition coefficient (Wildman–Crippen LogP) is 1.91. The summed E-state index contributed by atoms with van der Waals surface area (Å²) in [6.45, 7) is 4.95. The Bertz CT molecular complexity index is 456. The van der Waals surface area contributed by atoms with E-state index in [1.807, 2.05) is 13.8 Å². The molecule has 1 heterocycles. The molecular formula is C13H21ClN4O2. The van der Waals surface area contributed by atoms with E-state index >= 15 is 0 Å². The molecule has 1 amide bonds. The van der Waals surface area contributed by atoms with E-state index in [4.69, 9.17) is 22.2 Å². The van der Waals surface area contributed by atoms with Crippen LogP contribution in [0.1, 0.15) is 30.8 Å². The van der Waals surface area contributed by atoms with Gasteiger partial charge < -0.3 is 15.1 Å². The molecule has 1 aromatic heterocycles. The maximum atomic E-state index is 12.6. The molecule has 1 unspecified atom stereocenters. The number of rotatable bonds is 7. The Hall–Kier alpha value is -1.37. The number of ether oxygens (including phenoxy) is 1. The van der Waals surface area contributed by atoms with E-state index in [1.165, 1.54) is 0 Å². The molecule has 0 fully saturated rings. The average Bonchev–Trinajstić information content (AvgIpc) is 2.47. The third kappa shape index (κ3) is 4.06. The lowest BCUT2D eigenvalue weighted by molar-refractivity contribution is 0.0608. The Morgan fingerprint density at radius 3 is 2.85 bits per heavy atom. The fraction of sp³-hybridized carbons (Fsp3) is 0.538. The molecule has 0 saturated heterocycles. The number of carbonyl (C=O) groups is 1. The number of hydrogen-bond acceptors (Lipinski definition) is 5. The zero-order chi connectivity index (χ0) is 15.1. The summed E-state index contributed by atoms with van der Waals surface area (Å²) in [4.78, 5) is 18.4. The highest BCUT2D eigenvalue weighted by Crippen LogP contribution is 2.19. The van der Waals surface area contributed by atoms with Crippen molar-refractivity contribution in [1.29, 1.82) is 0 Å². The average molecular weight is 301 g/mol. The molecule has 0 aliphatic carbocycles. The number of pyridine rings is 1. The number of hydrazine groups is 1. The Morgan fingerprint density at radius 1 is 1.60 bits per heavy atom. The van der Waals surface area contributed by atoms with Gasteiger partial charge >= 0.3 is 0 Å². The zero-order valence-corrected chi connectivity index (χ0v) is 12.8. The van der Waals surface area contributed by atoms with E-state index in [1.54, 1.807) is 24.1 Å². The molecule has 0 aromatic carbocycles. The van der Waals surface area contributed by atoms with E-state index < -0.39 is 0 Å². The van der Waals surface area contributed by atoms with Crippen molar-refractivity contribution in [1.82, 2.24) is 9.88 Å². The van der Waals surface area contributed by atoms with E-state index in [0.717, 1.165) is 6.42 Å². The van der Waals surface area contributed by atoms with Gasteiger partial charge in [-0.3, -0.25) is 4.79 Å². The molecular weight excluding hydrogens is 280 g/mol. The van der Waals surface area contributed by atoms with Gasteiger partial charge in [0.1, 0.15) is 11.5 Å². The number of nitrogen functional groups attached to an aromatic ring is 1. The number of nitrogens with one attached hydrogen (secondary N) is 1. The first-order chi connectivity index (χ1) is 9.54. The van der Waals surface area contributed by atoms with Crippen LogP contribution in [0.15, 0.2) is 12.1 Å². The summed E-state index contributed by atoms with van der Waals surface area (Å²) in [5.41, 5.74) is 2.60. The SMILES string of the molecule is CCC(C)N(CCOC)C(=O)c1nc(NN)ccc1Cl. The van der Waals surface area contributed by atoms with Crippen LogP contribution in [0.2, 0.25) is 5.02 Å². The largest absolute Gasteiger partial charge is 0.383 e. The molecule has 20 heavy (non-hydrogen) atoms. The topological polar surface area (TPSA) is 80.5 Å². The third-order valence-corrected chi connectivity index (χ3v) is 3.42. The minimum atomic E-state index is -0.224. The monoisotopic (exact) mass is 300 g/mol. The number of aromatic nitrogens is 1. The number of nitrogens with two attached hydrogens (primary N) is 1. The quantitative estimate of drug-likeness (QED) is 0.594. The number of methoxy groups -OCH3 is 1. The second kappa shape index (κ2) is 8.04. The first-order valence-electron chi connectivity index (χ1n) is 6.48. The van der Waals surface area contributed by atoms with Gasteiger partial charge in [0.15, 0.2) is 0 Å². The van der Waals surface area contributed by atoms with E-state index in [9.17, 15) is 4.79 Å². The normalized spacial score (nSPS) is 12.1. The van der Waals surface area contributed by atoms with E-state index in [0.29, 0.717) is 24.0 Å². The molecule has 0 radical (unpaired) electrons. The highest BCUT2D eigenvalue weighted by molar-refractivity contribution is 6.33. The van der Waals surface area contributed by atoms with Gasteiger partial charge in [0.2, 0.25) is 0 Å². The summed E-state index contributed by atoms with van der Waals surface area (Å²) >= 11 is 6.06. The fourth-order valence-electron chi connectivity index (χ4n) is 1.74. The highest BCUT2D eigenvalue weighted by Gasteiger charge is 2.23. The Balaban J connectivity index is 3.04. The molecule has 0 spiro atoms. The Morgan fingerprint density at radius 2 is 2.30 bits per heavy atom. The van der Waals surface area contributed by atoms with E-state index in [2.05, 4.69) is 10.4 Å². The maximum absolute atomic E-state index is 12.6. The lowest BCUT2D eigenvalue weighted by atomic mass is 10.2. The molecule has 0 aliphatic heterocycles. The van der Waals surface area contributed by atoms with Crippen LogP contribution in [0, 0.1) is 0 Å². The first-order valence-corrected chi connectivity index (χ1v) is 6.86. The van der Waals surface area contributed by atoms with Crippen molar-refractivity contribution in [3.63, 3.8) is 0 Å². The fourth-order valence-corrected chi connectivity index (χ4v) is 1.93. The van der Waals surface area contributed by atoms with Gasteiger partial charge in [-0.2, -0.15) is 0 Å². The van der Waals surface area contributed by atoms with E-state index in [-0.39, 0.29) is 17.6 Å². The summed E-state index contributed by atoms with van der Waals surface area (Å²) in [5, 5.41) is 0.305. The second-order valence-electron chi connectivity index (χ2n) is 4.42. The van der Waals surface area contributed by atoms with Gasteiger partial charge in [0.25, 0.3) is 5.91 Å². The molecule has 6 nitrogen and oxygen atoms in total. The van der Waals surface area contributed by atoms with Crippen LogP contribution >= 0.6 is 11.6 Å². The van der Waals surface area contributed by atoms with Crippen molar-refractivity contribution < 1.29 is 9.53 Å². The third-order valence-electron chi connectivity index (χ3n) is 3.12. The van der Waals surface area contributed by atoms with Crippen molar-refractivity contribution in [2.75, 3.05) is 25.7 Å². The van der Waals surface area contributed by atoms with Crippen molar-refractivity contribution in [3.05, 3.63) is 22.8 Å². The van der Waals surface area contributed by atoms with Crippen LogP contribution in [0.3, 0.4) is 0 Å². The molecule has 3 N–H and O–H groups in total. The second-order valence-corrected chi connectivity index (χ2v) is 4.83. The van der Waals surface area contributed by atoms with Crippen molar-refractivity contribution in [3.8, 4) is 0 Å². The van der Waals surface area contributed by atoms with Gasteiger partial charge in [-0.15, -0.1) is 0 Å². The van der Waals surface area contributed by atoms with Crippen LogP contribution in [0.4, 0.5) is 5.82 Å². The van der Waals surface area contributed by atoms with Gasteiger partial charge in [-0.1, -0.05) is 18.5 Å². The van der Waals surface area contributed by atoms with Crippen LogP contribution in [-0.2, 0) is 4.74 Å². The number of hydrogen-bond donors (Lipinski definition) is 2. The molecule has 0 aliphatic rings. The molecule has 112 valence electrons.